The molecule has 0 spiro atoms. The maximum atomic E-state index is 13.8. The van der Waals surface area contributed by atoms with Crippen molar-refractivity contribution in [1.82, 2.24) is 4.90 Å². The quantitative estimate of drug-likeness (QED) is 0.218. The fraction of sp³-hybridized carbons (Fsp3) is 0.207. The first-order chi connectivity index (χ1) is 17.6. The lowest BCUT2D eigenvalue weighted by Gasteiger charge is -2.26. The number of hydrogen-bond donors (Lipinski definition) is 1. The minimum absolute atomic E-state index is 0.155. The van der Waals surface area contributed by atoms with Gasteiger partial charge in [0.05, 0.1) is 36.8 Å². The normalized spacial score (nSPS) is 14.7. The molecule has 7 nitrogen and oxygen atoms in total. The van der Waals surface area contributed by atoms with Crippen LogP contribution in [0.2, 0.25) is 0 Å². The molecule has 1 aliphatic rings. The molecule has 0 saturated carbocycles. The maximum Gasteiger partial charge on any atom is 0.295 e. The van der Waals surface area contributed by atoms with Gasteiger partial charge in [-0.25, -0.2) is 4.99 Å². The number of aliphatic imine (C=N–C) groups is 1. The van der Waals surface area contributed by atoms with E-state index in [2.05, 4.69) is 0 Å². The van der Waals surface area contributed by atoms with Crippen LogP contribution in [0.5, 0.6) is 5.75 Å². The molecule has 1 amide bonds. The van der Waals surface area contributed by atoms with E-state index in [1.807, 2.05) is 31.2 Å². The lowest BCUT2D eigenvalue weighted by Crippen LogP contribution is -2.45. The van der Waals surface area contributed by atoms with Crippen molar-refractivity contribution in [1.29, 1.82) is 0 Å². The molecule has 3 aromatic carbocycles. The van der Waals surface area contributed by atoms with Crippen molar-refractivity contribution >= 4 is 28.8 Å². The SMILES string of the molecule is CCOc1ccc(N=C(/C(C(=O)C(=O)N2CCOCC2)=C(/O)c2ccccc2)c2ccccc2)cc1. The Morgan fingerprint density at radius 1 is 0.889 bits per heavy atom. The molecule has 1 heterocycles. The highest BCUT2D eigenvalue weighted by Gasteiger charge is 2.32. The van der Waals surface area contributed by atoms with E-state index < -0.39 is 11.7 Å². The number of nitrogens with zero attached hydrogens (tertiary/aromatic N) is 2. The number of aliphatic hydroxyl groups is 1. The maximum absolute atomic E-state index is 13.8. The molecule has 0 atom stereocenters. The lowest BCUT2D eigenvalue weighted by atomic mass is 9.94. The predicted octanol–water partition coefficient (Wildman–Crippen LogP) is 4.60. The van der Waals surface area contributed by atoms with Gasteiger partial charge in [-0.3, -0.25) is 9.59 Å². The second kappa shape index (κ2) is 12.0. The Labute approximate surface area is 210 Å². The molecule has 184 valence electrons. The van der Waals surface area contributed by atoms with E-state index in [0.29, 0.717) is 55.5 Å². The Morgan fingerprint density at radius 2 is 1.47 bits per heavy atom. The van der Waals surface area contributed by atoms with E-state index in [4.69, 9.17) is 14.5 Å². The topological polar surface area (TPSA) is 88.4 Å². The molecule has 1 aliphatic heterocycles. The van der Waals surface area contributed by atoms with Crippen molar-refractivity contribution in [3.63, 3.8) is 0 Å². The van der Waals surface area contributed by atoms with Crippen molar-refractivity contribution in [3.8, 4) is 5.75 Å². The van der Waals surface area contributed by atoms with Crippen LogP contribution >= 0.6 is 0 Å². The van der Waals surface area contributed by atoms with E-state index in [9.17, 15) is 14.7 Å². The van der Waals surface area contributed by atoms with Gasteiger partial charge in [-0.05, 0) is 31.2 Å². The monoisotopic (exact) mass is 484 g/mol. The van der Waals surface area contributed by atoms with Gasteiger partial charge in [0.1, 0.15) is 11.5 Å². The van der Waals surface area contributed by atoms with Gasteiger partial charge in [-0.2, -0.15) is 0 Å². The summed E-state index contributed by atoms with van der Waals surface area (Å²) in [5, 5.41) is 11.4. The minimum atomic E-state index is -0.827. The van der Waals surface area contributed by atoms with Crippen LogP contribution in [0.3, 0.4) is 0 Å². The van der Waals surface area contributed by atoms with Gasteiger partial charge in [0, 0.05) is 24.2 Å². The van der Waals surface area contributed by atoms with Gasteiger partial charge in [0.15, 0.2) is 0 Å². The van der Waals surface area contributed by atoms with E-state index in [0.717, 1.165) is 0 Å². The number of ether oxygens (including phenoxy) is 2. The Bertz CT molecular complexity index is 1250. The number of carbonyl (C=O) groups excluding carboxylic acids is 2. The summed E-state index contributed by atoms with van der Waals surface area (Å²) in [5.74, 6) is -1.15. The van der Waals surface area contributed by atoms with Gasteiger partial charge in [0.25, 0.3) is 11.7 Å². The number of hydrogen-bond acceptors (Lipinski definition) is 6. The van der Waals surface area contributed by atoms with Gasteiger partial charge in [0.2, 0.25) is 0 Å². The van der Waals surface area contributed by atoms with Crippen molar-refractivity contribution in [3.05, 3.63) is 102 Å². The summed E-state index contributed by atoms with van der Waals surface area (Å²) in [6.45, 7) is 3.76. The van der Waals surface area contributed by atoms with Gasteiger partial charge < -0.3 is 19.5 Å². The summed E-state index contributed by atoms with van der Waals surface area (Å²) in [6.07, 6.45) is 0. The fourth-order valence-corrected chi connectivity index (χ4v) is 3.86. The molecule has 36 heavy (non-hydrogen) atoms. The third-order valence-electron chi connectivity index (χ3n) is 5.68. The lowest BCUT2D eigenvalue weighted by molar-refractivity contribution is -0.145. The minimum Gasteiger partial charge on any atom is -0.506 e. The molecule has 0 aromatic heterocycles. The number of morpholine rings is 1. The summed E-state index contributed by atoms with van der Waals surface area (Å²) < 4.78 is 10.8. The summed E-state index contributed by atoms with van der Waals surface area (Å²) in [5.41, 5.74) is 1.59. The molecule has 0 bridgehead atoms. The molecule has 0 aliphatic carbocycles. The first-order valence-electron chi connectivity index (χ1n) is 11.9. The molecule has 4 rings (SSSR count). The number of Topliss-reactive ketones (excluding diaryl/α,β-unsaturated/α-hetero) is 1. The molecule has 1 saturated heterocycles. The second-order valence-corrected chi connectivity index (χ2v) is 8.08. The second-order valence-electron chi connectivity index (χ2n) is 8.08. The molecule has 7 heteroatoms. The Hall–Kier alpha value is -4.23. The van der Waals surface area contributed by atoms with Gasteiger partial charge in [-0.15, -0.1) is 0 Å². The third kappa shape index (κ3) is 5.87. The number of ketones is 1. The highest BCUT2D eigenvalue weighted by molar-refractivity contribution is 6.52. The molecule has 3 aromatic rings. The van der Waals surface area contributed by atoms with E-state index in [1.165, 1.54) is 4.90 Å². The first kappa shape index (κ1) is 24.9. The zero-order valence-electron chi connectivity index (χ0n) is 20.1. The smallest absolute Gasteiger partial charge is 0.295 e. The average Bonchev–Trinajstić information content (AvgIpc) is 2.94. The number of carbonyl (C=O) groups is 2. The van der Waals surface area contributed by atoms with Crippen molar-refractivity contribution < 1.29 is 24.2 Å². The zero-order chi connectivity index (χ0) is 25.3. The van der Waals surface area contributed by atoms with Gasteiger partial charge in [-0.1, -0.05) is 60.7 Å². The molecule has 1 fully saturated rings. The third-order valence-corrected chi connectivity index (χ3v) is 5.68. The summed E-state index contributed by atoms with van der Waals surface area (Å²) in [6, 6.07) is 24.8. The van der Waals surface area contributed by atoms with Crippen LogP contribution in [0.25, 0.3) is 5.76 Å². The van der Waals surface area contributed by atoms with Crippen molar-refractivity contribution in [2.24, 2.45) is 4.99 Å². The predicted molar refractivity (Wildman–Crippen MR) is 139 cm³/mol. The highest BCUT2D eigenvalue weighted by atomic mass is 16.5. The standard InChI is InChI=1S/C29H28N2O5/c1-2-36-24-15-13-23(14-16-24)30-26(21-9-5-3-6-10-21)25(27(32)22-11-7-4-8-12-22)28(33)29(34)31-17-19-35-20-18-31/h3-16,32H,2,17-20H2,1H3/b27-25-,30-26?. The largest absolute Gasteiger partial charge is 0.506 e. The van der Waals surface area contributed by atoms with Crippen LogP contribution in [0, 0.1) is 0 Å². The summed E-state index contributed by atoms with van der Waals surface area (Å²) in [7, 11) is 0. The van der Waals surface area contributed by atoms with Crippen LogP contribution in [-0.2, 0) is 14.3 Å². The number of benzene rings is 3. The molecular weight excluding hydrogens is 456 g/mol. The van der Waals surface area contributed by atoms with E-state index in [-0.39, 0.29) is 17.0 Å². The summed E-state index contributed by atoms with van der Waals surface area (Å²) >= 11 is 0. The Morgan fingerprint density at radius 3 is 2.06 bits per heavy atom. The van der Waals surface area contributed by atoms with Crippen LogP contribution in [0.1, 0.15) is 18.1 Å². The van der Waals surface area contributed by atoms with E-state index in [1.54, 1.807) is 60.7 Å². The number of aliphatic hydroxyl groups excluding tert-OH is 1. The molecule has 1 N–H and O–H groups in total. The number of amides is 1. The Balaban J connectivity index is 1.87. The molecule has 0 unspecified atom stereocenters. The average molecular weight is 485 g/mol. The first-order valence-corrected chi connectivity index (χ1v) is 11.9. The van der Waals surface area contributed by atoms with Crippen LogP contribution < -0.4 is 4.74 Å². The highest BCUT2D eigenvalue weighted by Crippen LogP contribution is 2.26. The van der Waals surface area contributed by atoms with Crippen molar-refractivity contribution in [2.45, 2.75) is 6.92 Å². The summed E-state index contributed by atoms with van der Waals surface area (Å²) in [4.78, 5) is 33.2. The molecular formula is C29H28N2O5. The number of rotatable bonds is 8. The molecule has 0 radical (unpaired) electrons. The zero-order valence-corrected chi connectivity index (χ0v) is 20.1. The van der Waals surface area contributed by atoms with Crippen LogP contribution in [0.15, 0.2) is 95.5 Å². The van der Waals surface area contributed by atoms with Crippen LogP contribution in [0.4, 0.5) is 5.69 Å². The van der Waals surface area contributed by atoms with E-state index >= 15 is 0 Å². The van der Waals surface area contributed by atoms with Gasteiger partial charge >= 0.3 is 0 Å². The fourth-order valence-electron chi connectivity index (χ4n) is 3.86. The Kier molecular flexibility index (Phi) is 8.26. The van der Waals surface area contributed by atoms with Crippen molar-refractivity contribution in [2.75, 3.05) is 32.9 Å². The van der Waals surface area contributed by atoms with Crippen LogP contribution in [-0.4, -0.2) is 60.3 Å².